The summed E-state index contributed by atoms with van der Waals surface area (Å²) in [4.78, 5) is 20.4. The van der Waals surface area contributed by atoms with Gasteiger partial charge in [0, 0.05) is 0 Å². The van der Waals surface area contributed by atoms with Gasteiger partial charge in [0.25, 0.3) is 0 Å². The monoisotopic (exact) mass is 354 g/mol. The number of hydrogen-bond donors (Lipinski definition) is 0. The minimum Gasteiger partial charge on any atom is -0.463 e. The number of alkyl halides is 4. The smallest absolute Gasteiger partial charge is 0.308 e. The summed E-state index contributed by atoms with van der Waals surface area (Å²) in [6.07, 6.45) is -0.141. The maximum absolute atomic E-state index is 11.0. The molecule has 0 aromatic rings. The van der Waals surface area contributed by atoms with E-state index in [-0.39, 0.29) is 39.3 Å². The minimum atomic E-state index is -0.777. The van der Waals surface area contributed by atoms with E-state index in [4.69, 9.17) is 60.6 Å². The van der Waals surface area contributed by atoms with Gasteiger partial charge in [0.1, 0.15) is 22.9 Å². The number of ether oxygens (including phenoxy) is 3. The molecule has 0 aliphatic rings. The van der Waals surface area contributed by atoms with Gasteiger partial charge in [-0.3, -0.25) is 9.59 Å². The van der Waals surface area contributed by atoms with Crippen molar-refractivity contribution in [3.05, 3.63) is 0 Å². The summed E-state index contributed by atoms with van der Waals surface area (Å²) < 4.78 is 14.6. The van der Waals surface area contributed by atoms with Gasteiger partial charge in [-0.25, -0.2) is 0 Å². The van der Waals surface area contributed by atoms with E-state index in [1.165, 1.54) is 0 Å². The zero-order valence-electron chi connectivity index (χ0n) is 9.95. The third-order valence-corrected chi connectivity index (χ3v) is 2.24. The van der Waals surface area contributed by atoms with Crippen molar-refractivity contribution in [3.8, 4) is 0 Å². The van der Waals surface area contributed by atoms with Crippen molar-refractivity contribution in [1.29, 1.82) is 0 Å². The highest BCUT2D eigenvalue weighted by atomic mass is 35.5. The lowest BCUT2D eigenvalue weighted by Crippen LogP contribution is -2.16. The summed E-state index contributed by atoms with van der Waals surface area (Å²) in [7, 11) is 0. The van der Waals surface area contributed by atoms with Crippen LogP contribution < -0.4 is 0 Å². The average Bonchev–Trinajstić information content (AvgIpc) is 2.25. The Labute approximate surface area is 131 Å². The Hall–Kier alpha value is 0.0600. The van der Waals surface area contributed by atoms with E-state index < -0.39 is 21.6 Å². The SMILES string of the molecule is O=C(CC(Cl)Cl)OCCOCCOC(=O)CC(Cl)Cl. The summed E-state index contributed by atoms with van der Waals surface area (Å²) in [5, 5.41) is 0. The molecule has 0 aliphatic carbocycles. The Morgan fingerprint density at radius 1 is 0.737 bits per heavy atom. The lowest BCUT2D eigenvalue weighted by atomic mass is 10.5. The highest BCUT2D eigenvalue weighted by Crippen LogP contribution is 2.08. The summed E-state index contributed by atoms with van der Waals surface area (Å²) in [6.45, 7) is 0.537. The molecule has 112 valence electrons. The van der Waals surface area contributed by atoms with E-state index in [0.29, 0.717) is 0 Å². The lowest BCUT2D eigenvalue weighted by molar-refractivity contribution is -0.146. The van der Waals surface area contributed by atoms with Crippen LogP contribution in [-0.4, -0.2) is 48.0 Å². The molecule has 0 unspecified atom stereocenters. The van der Waals surface area contributed by atoms with E-state index >= 15 is 0 Å². The molecule has 0 aromatic heterocycles. The van der Waals surface area contributed by atoms with Crippen molar-refractivity contribution in [2.75, 3.05) is 26.4 Å². The van der Waals surface area contributed by atoms with Crippen LogP contribution in [-0.2, 0) is 23.8 Å². The Bertz CT molecular complexity index is 247. The third kappa shape index (κ3) is 14.3. The highest BCUT2D eigenvalue weighted by Gasteiger charge is 2.09. The predicted octanol–water partition coefficient (Wildman–Crippen LogP) is 2.48. The normalized spacial score (nSPS) is 10.8. The summed E-state index contributed by atoms with van der Waals surface area (Å²) in [5.41, 5.74) is 0. The second-order valence-electron chi connectivity index (χ2n) is 3.24. The average molecular weight is 356 g/mol. The van der Waals surface area contributed by atoms with Gasteiger partial charge in [-0.05, 0) is 0 Å². The first-order valence-corrected chi connectivity index (χ1v) is 7.11. The fraction of sp³-hybridized carbons (Fsp3) is 0.800. The molecule has 5 nitrogen and oxygen atoms in total. The van der Waals surface area contributed by atoms with Gasteiger partial charge < -0.3 is 14.2 Å². The zero-order valence-corrected chi connectivity index (χ0v) is 13.0. The van der Waals surface area contributed by atoms with Crippen LogP contribution in [0.5, 0.6) is 0 Å². The molecule has 0 amide bonds. The van der Waals surface area contributed by atoms with Gasteiger partial charge in [0.15, 0.2) is 0 Å². The Balaban J connectivity index is 3.32. The molecule has 0 bridgehead atoms. The molecular weight excluding hydrogens is 342 g/mol. The van der Waals surface area contributed by atoms with Gasteiger partial charge in [-0.1, -0.05) is 0 Å². The molecule has 0 radical (unpaired) electrons. The van der Waals surface area contributed by atoms with E-state index in [9.17, 15) is 9.59 Å². The Morgan fingerprint density at radius 2 is 1.11 bits per heavy atom. The molecule has 0 aliphatic heterocycles. The third-order valence-electron chi connectivity index (χ3n) is 1.62. The van der Waals surface area contributed by atoms with Gasteiger partial charge in [-0.2, -0.15) is 0 Å². The molecular formula is C10H14Cl4O5. The number of esters is 2. The zero-order chi connectivity index (χ0) is 14.7. The van der Waals surface area contributed by atoms with Gasteiger partial charge in [0.05, 0.1) is 26.1 Å². The van der Waals surface area contributed by atoms with Crippen molar-refractivity contribution in [1.82, 2.24) is 0 Å². The van der Waals surface area contributed by atoms with Crippen LogP contribution in [0.15, 0.2) is 0 Å². The first-order valence-electron chi connectivity index (χ1n) is 5.37. The molecule has 0 saturated heterocycles. The molecule has 0 spiro atoms. The van der Waals surface area contributed by atoms with E-state index in [2.05, 4.69) is 0 Å². The van der Waals surface area contributed by atoms with Crippen molar-refractivity contribution in [2.45, 2.75) is 22.5 Å². The molecule has 0 heterocycles. The Morgan fingerprint density at radius 3 is 1.42 bits per heavy atom. The van der Waals surface area contributed by atoms with Crippen LogP contribution in [0.4, 0.5) is 0 Å². The molecule has 0 aromatic carbocycles. The highest BCUT2D eigenvalue weighted by molar-refractivity contribution is 6.45. The van der Waals surface area contributed by atoms with Crippen LogP contribution >= 0.6 is 46.4 Å². The van der Waals surface area contributed by atoms with Crippen LogP contribution in [0.25, 0.3) is 0 Å². The standard InChI is InChI=1S/C10H14Cl4O5/c11-7(12)5-9(15)18-3-1-17-2-4-19-10(16)6-8(13)14/h7-8H,1-6H2. The Kier molecular flexibility index (Phi) is 11.9. The molecule has 9 heteroatoms. The van der Waals surface area contributed by atoms with Crippen LogP contribution in [0.3, 0.4) is 0 Å². The number of rotatable bonds is 10. The van der Waals surface area contributed by atoms with E-state index in [0.717, 1.165) is 0 Å². The lowest BCUT2D eigenvalue weighted by Gasteiger charge is -2.07. The summed E-state index contributed by atoms with van der Waals surface area (Å²) >= 11 is 21.5. The largest absolute Gasteiger partial charge is 0.463 e. The van der Waals surface area contributed by atoms with Crippen molar-refractivity contribution >= 4 is 58.3 Å². The van der Waals surface area contributed by atoms with Crippen LogP contribution in [0, 0.1) is 0 Å². The summed E-state index contributed by atoms with van der Waals surface area (Å²) in [5.74, 6) is -0.999. The topological polar surface area (TPSA) is 61.8 Å². The maximum atomic E-state index is 11.0. The molecule has 19 heavy (non-hydrogen) atoms. The maximum Gasteiger partial charge on any atom is 0.308 e. The number of carbonyl (C=O) groups is 2. The summed E-state index contributed by atoms with van der Waals surface area (Å²) in [6, 6.07) is 0. The van der Waals surface area contributed by atoms with Gasteiger partial charge in [-0.15, -0.1) is 46.4 Å². The number of hydrogen-bond acceptors (Lipinski definition) is 5. The minimum absolute atomic E-state index is 0.0707. The molecule has 0 fully saturated rings. The van der Waals surface area contributed by atoms with Crippen molar-refractivity contribution in [2.24, 2.45) is 0 Å². The molecule has 0 N–H and O–H groups in total. The van der Waals surface area contributed by atoms with E-state index in [1.807, 2.05) is 0 Å². The fourth-order valence-electron chi connectivity index (χ4n) is 0.901. The van der Waals surface area contributed by atoms with Gasteiger partial charge >= 0.3 is 11.9 Å². The quantitative estimate of drug-likeness (QED) is 0.342. The molecule has 0 rings (SSSR count). The van der Waals surface area contributed by atoms with Crippen LogP contribution in [0.2, 0.25) is 0 Å². The second-order valence-corrected chi connectivity index (χ2v) is 5.80. The van der Waals surface area contributed by atoms with Crippen LogP contribution in [0.1, 0.15) is 12.8 Å². The molecule has 0 atom stereocenters. The van der Waals surface area contributed by atoms with Crippen molar-refractivity contribution in [3.63, 3.8) is 0 Å². The van der Waals surface area contributed by atoms with Gasteiger partial charge in [0.2, 0.25) is 0 Å². The van der Waals surface area contributed by atoms with E-state index in [1.54, 1.807) is 0 Å². The second kappa shape index (κ2) is 11.9. The first-order chi connectivity index (χ1) is 8.91. The number of carbonyl (C=O) groups excluding carboxylic acids is 2. The molecule has 0 saturated carbocycles. The number of halogens is 4. The fourth-order valence-corrected chi connectivity index (χ4v) is 1.40. The first kappa shape index (κ1) is 19.1. The van der Waals surface area contributed by atoms with Crippen molar-refractivity contribution < 1.29 is 23.8 Å². The predicted molar refractivity (Wildman–Crippen MR) is 73.0 cm³/mol.